The van der Waals surface area contributed by atoms with Crippen molar-refractivity contribution in [2.75, 3.05) is 0 Å². The molecule has 0 saturated carbocycles. The Labute approximate surface area is 99.0 Å². The zero-order valence-electron chi connectivity index (χ0n) is 8.57. The summed E-state index contributed by atoms with van der Waals surface area (Å²) in [6.45, 7) is 1.62. The predicted octanol–water partition coefficient (Wildman–Crippen LogP) is 4.35. The van der Waals surface area contributed by atoms with Crippen LogP contribution in [-0.2, 0) is 6.18 Å². The van der Waals surface area contributed by atoms with Gasteiger partial charge in [0, 0.05) is 17.6 Å². The van der Waals surface area contributed by atoms with Crippen molar-refractivity contribution in [1.29, 1.82) is 0 Å². The molecule has 17 heavy (non-hydrogen) atoms. The minimum atomic E-state index is -4.74. The van der Waals surface area contributed by atoms with E-state index in [1.807, 2.05) is 0 Å². The quantitative estimate of drug-likeness (QED) is 0.644. The molecule has 0 unspecified atom stereocenters. The molecule has 0 saturated heterocycles. The number of alkyl halides is 3. The van der Waals surface area contributed by atoms with Crippen LogP contribution in [0.25, 0.3) is 10.9 Å². The number of rotatable bonds is 0. The Bertz CT molecular complexity index is 592. The average Bonchev–Trinajstić information content (AvgIpc) is 2.21. The van der Waals surface area contributed by atoms with E-state index in [1.165, 1.54) is 6.20 Å². The molecule has 2 rings (SSSR count). The molecule has 0 N–H and O–H groups in total. The molecule has 1 nitrogen and oxygen atoms in total. The van der Waals surface area contributed by atoms with E-state index in [9.17, 15) is 17.6 Å². The van der Waals surface area contributed by atoms with Crippen LogP contribution in [0.15, 0.2) is 18.3 Å². The van der Waals surface area contributed by atoms with Gasteiger partial charge in [-0.05, 0) is 18.6 Å². The number of nitrogens with zero attached hydrogens (tertiary/aromatic N) is 1. The summed E-state index contributed by atoms with van der Waals surface area (Å²) in [4.78, 5) is 3.83. The molecular weight excluding hydrogens is 258 g/mol. The molecule has 2 aromatic rings. The highest BCUT2D eigenvalue weighted by Gasteiger charge is 2.34. The molecule has 6 heteroatoms. The highest BCUT2D eigenvalue weighted by Crippen LogP contribution is 2.35. The predicted molar refractivity (Wildman–Crippen MR) is 56.5 cm³/mol. The molecule has 1 aromatic heterocycles. The highest BCUT2D eigenvalue weighted by atomic mass is 35.5. The van der Waals surface area contributed by atoms with Gasteiger partial charge >= 0.3 is 6.18 Å². The van der Waals surface area contributed by atoms with E-state index in [0.29, 0.717) is 11.6 Å². The third-order valence-electron chi connectivity index (χ3n) is 2.37. The van der Waals surface area contributed by atoms with Gasteiger partial charge in [-0.2, -0.15) is 13.2 Å². The Kier molecular flexibility index (Phi) is 2.73. The van der Waals surface area contributed by atoms with Gasteiger partial charge in [0.25, 0.3) is 0 Å². The second kappa shape index (κ2) is 3.84. The molecule has 0 radical (unpaired) electrons. The molecule has 0 amide bonds. The van der Waals surface area contributed by atoms with E-state index in [1.54, 1.807) is 6.92 Å². The summed E-state index contributed by atoms with van der Waals surface area (Å²) in [5, 5.41) is 0.251. The first-order valence-electron chi connectivity index (χ1n) is 4.62. The number of hydrogen-bond acceptors (Lipinski definition) is 1. The van der Waals surface area contributed by atoms with Crippen LogP contribution in [0.3, 0.4) is 0 Å². The lowest BCUT2D eigenvalue weighted by Crippen LogP contribution is -2.08. The van der Waals surface area contributed by atoms with Crippen molar-refractivity contribution >= 4 is 22.5 Å². The van der Waals surface area contributed by atoms with Crippen molar-refractivity contribution < 1.29 is 17.6 Å². The standard InChI is InChI=1S/C11H6ClF4N/c1-5-4-17-9-3-8(13)7(11(14,15)16)2-6(9)10(5)12/h2-4H,1H3. The van der Waals surface area contributed by atoms with Gasteiger partial charge in [0.1, 0.15) is 5.82 Å². The summed E-state index contributed by atoms with van der Waals surface area (Å²) in [6.07, 6.45) is -3.36. The van der Waals surface area contributed by atoms with Crippen molar-refractivity contribution in [3.63, 3.8) is 0 Å². The summed E-state index contributed by atoms with van der Waals surface area (Å²) >= 11 is 5.87. The van der Waals surface area contributed by atoms with Crippen LogP contribution in [0.5, 0.6) is 0 Å². The van der Waals surface area contributed by atoms with E-state index in [-0.39, 0.29) is 15.9 Å². The Morgan fingerprint density at radius 2 is 1.88 bits per heavy atom. The molecule has 1 heterocycles. The smallest absolute Gasteiger partial charge is 0.256 e. The average molecular weight is 264 g/mol. The molecule has 0 aliphatic carbocycles. The summed E-state index contributed by atoms with van der Waals surface area (Å²) in [5.74, 6) is -1.35. The molecule has 0 atom stereocenters. The lowest BCUT2D eigenvalue weighted by atomic mass is 10.1. The van der Waals surface area contributed by atoms with Crippen LogP contribution >= 0.6 is 11.6 Å². The Balaban J connectivity index is 2.83. The zero-order chi connectivity index (χ0) is 12.8. The Hall–Kier alpha value is -1.36. The number of fused-ring (bicyclic) bond motifs is 1. The van der Waals surface area contributed by atoms with Gasteiger partial charge in [-0.3, -0.25) is 4.98 Å². The van der Waals surface area contributed by atoms with Gasteiger partial charge in [0.2, 0.25) is 0 Å². The van der Waals surface area contributed by atoms with Gasteiger partial charge in [-0.1, -0.05) is 11.6 Å². The Morgan fingerprint density at radius 3 is 2.47 bits per heavy atom. The third-order valence-corrected chi connectivity index (χ3v) is 2.87. The number of halogens is 5. The van der Waals surface area contributed by atoms with Gasteiger partial charge < -0.3 is 0 Å². The first-order valence-corrected chi connectivity index (χ1v) is 5.00. The lowest BCUT2D eigenvalue weighted by Gasteiger charge is -2.10. The lowest BCUT2D eigenvalue weighted by molar-refractivity contribution is -0.139. The monoisotopic (exact) mass is 263 g/mol. The molecule has 90 valence electrons. The largest absolute Gasteiger partial charge is 0.419 e. The number of benzene rings is 1. The first-order chi connectivity index (χ1) is 7.80. The van der Waals surface area contributed by atoms with Gasteiger partial charge in [-0.15, -0.1) is 0 Å². The minimum absolute atomic E-state index is 0.0976. The van der Waals surface area contributed by atoms with E-state index in [2.05, 4.69) is 4.98 Å². The van der Waals surface area contributed by atoms with Crippen LogP contribution in [-0.4, -0.2) is 4.98 Å². The van der Waals surface area contributed by atoms with Crippen LogP contribution in [0.1, 0.15) is 11.1 Å². The fourth-order valence-corrected chi connectivity index (χ4v) is 1.70. The summed E-state index contributed by atoms with van der Waals surface area (Å²) in [7, 11) is 0. The van der Waals surface area contributed by atoms with E-state index < -0.39 is 17.6 Å². The summed E-state index contributed by atoms with van der Waals surface area (Å²) in [6, 6.07) is 1.43. The van der Waals surface area contributed by atoms with Crippen molar-refractivity contribution in [3.05, 3.63) is 40.3 Å². The molecule has 0 aliphatic rings. The van der Waals surface area contributed by atoms with Crippen molar-refractivity contribution in [1.82, 2.24) is 4.98 Å². The number of pyridine rings is 1. The third kappa shape index (κ3) is 2.07. The second-order valence-corrected chi connectivity index (χ2v) is 3.98. The van der Waals surface area contributed by atoms with Crippen LogP contribution in [0.2, 0.25) is 5.02 Å². The van der Waals surface area contributed by atoms with Crippen molar-refractivity contribution in [2.24, 2.45) is 0 Å². The van der Waals surface area contributed by atoms with E-state index in [4.69, 9.17) is 11.6 Å². The van der Waals surface area contributed by atoms with Gasteiger partial charge in [0.15, 0.2) is 0 Å². The van der Waals surface area contributed by atoms with Crippen LogP contribution in [0.4, 0.5) is 17.6 Å². The molecule has 0 spiro atoms. The van der Waals surface area contributed by atoms with E-state index >= 15 is 0 Å². The number of aromatic nitrogens is 1. The maximum atomic E-state index is 13.2. The second-order valence-electron chi connectivity index (χ2n) is 3.60. The maximum absolute atomic E-state index is 13.2. The van der Waals surface area contributed by atoms with Crippen LogP contribution in [0, 0.1) is 12.7 Å². The first kappa shape index (κ1) is 12.1. The fourth-order valence-electron chi connectivity index (χ4n) is 1.50. The summed E-state index contributed by atoms with van der Waals surface area (Å²) < 4.78 is 50.8. The zero-order valence-corrected chi connectivity index (χ0v) is 9.33. The normalized spacial score (nSPS) is 12.1. The minimum Gasteiger partial charge on any atom is -0.256 e. The molecular formula is C11H6ClF4N. The maximum Gasteiger partial charge on any atom is 0.419 e. The van der Waals surface area contributed by atoms with Crippen molar-refractivity contribution in [3.8, 4) is 0 Å². The van der Waals surface area contributed by atoms with Gasteiger partial charge in [-0.25, -0.2) is 4.39 Å². The molecule has 0 bridgehead atoms. The van der Waals surface area contributed by atoms with Gasteiger partial charge in [0.05, 0.1) is 16.1 Å². The van der Waals surface area contributed by atoms with Crippen LogP contribution < -0.4 is 0 Å². The summed E-state index contributed by atoms with van der Waals surface area (Å²) in [5.41, 5.74) is -0.690. The van der Waals surface area contributed by atoms with Crippen molar-refractivity contribution in [2.45, 2.75) is 13.1 Å². The molecule has 0 aliphatic heterocycles. The highest BCUT2D eigenvalue weighted by molar-refractivity contribution is 6.36. The number of hydrogen-bond donors (Lipinski definition) is 0. The molecule has 0 fully saturated rings. The fraction of sp³-hybridized carbons (Fsp3) is 0.182. The number of aryl methyl sites for hydroxylation is 1. The topological polar surface area (TPSA) is 12.9 Å². The Morgan fingerprint density at radius 1 is 1.24 bits per heavy atom. The molecule has 1 aromatic carbocycles. The SMILES string of the molecule is Cc1cnc2cc(F)c(C(F)(F)F)cc2c1Cl. The van der Waals surface area contributed by atoms with E-state index in [0.717, 1.165) is 6.07 Å².